The van der Waals surface area contributed by atoms with E-state index in [4.69, 9.17) is 14.2 Å². The summed E-state index contributed by atoms with van der Waals surface area (Å²) in [5.41, 5.74) is 4.72. The fraction of sp³-hybridized carbons (Fsp3) is 0.250. The second-order valence-electron chi connectivity index (χ2n) is 5.47. The molecule has 0 heterocycles. The zero-order valence-corrected chi connectivity index (χ0v) is 14.7. The smallest absolute Gasteiger partial charge is 0.330 e. The van der Waals surface area contributed by atoms with Crippen molar-refractivity contribution in [1.82, 2.24) is 0 Å². The first-order valence-electron chi connectivity index (χ1n) is 7.59. The van der Waals surface area contributed by atoms with Crippen molar-refractivity contribution in [3.8, 4) is 22.6 Å². The maximum atomic E-state index is 11.5. The number of methoxy groups -OCH3 is 3. The maximum Gasteiger partial charge on any atom is 0.330 e. The van der Waals surface area contributed by atoms with E-state index < -0.39 is 0 Å². The SMILES string of the molecule is COC(=O)/C=C(\C)c1ccc(OC)c(-c2cc(C)ccc2OC)c1. The fourth-order valence-electron chi connectivity index (χ4n) is 2.52. The predicted octanol–water partition coefficient (Wildman–Crippen LogP) is 4.26. The van der Waals surface area contributed by atoms with Gasteiger partial charge in [-0.2, -0.15) is 0 Å². The minimum atomic E-state index is -0.377. The van der Waals surface area contributed by atoms with Crippen LogP contribution in [-0.2, 0) is 9.53 Å². The predicted molar refractivity (Wildman–Crippen MR) is 95.4 cm³/mol. The summed E-state index contributed by atoms with van der Waals surface area (Å²) in [6.45, 7) is 3.90. The van der Waals surface area contributed by atoms with E-state index in [2.05, 4.69) is 6.07 Å². The number of carbonyl (C=O) groups is 1. The summed E-state index contributed by atoms with van der Waals surface area (Å²) in [5, 5.41) is 0. The molecule has 0 aliphatic heterocycles. The molecule has 0 atom stereocenters. The molecule has 4 nitrogen and oxygen atoms in total. The average Bonchev–Trinajstić information content (AvgIpc) is 2.60. The Morgan fingerprint density at radius 1 is 0.917 bits per heavy atom. The van der Waals surface area contributed by atoms with Crippen molar-refractivity contribution < 1.29 is 19.0 Å². The lowest BCUT2D eigenvalue weighted by molar-refractivity contribution is -0.134. The molecule has 0 aliphatic carbocycles. The molecule has 0 saturated carbocycles. The Balaban J connectivity index is 2.61. The molecule has 0 unspecified atom stereocenters. The van der Waals surface area contributed by atoms with Gasteiger partial charge in [-0.3, -0.25) is 0 Å². The van der Waals surface area contributed by atoms with Crippen molar-refractivity contribution in [1.29, 1.82) is 0 Å². The highest BCUT2D eigenvalue weighted by atomic mass is 16.5. The van der Waals surface area contributed by atoms with E-state index in [1.165, 1.54) is 13.2 Å². The largest absolute Gasteiger partial charge is 0.496 e. The Bertz CT molecular complexity index is 775. The van der Waals surface area contributed by atoms with Crippen LogP contribution in [0.1, 0.15) is 18.1 Å². The van der Waals surface area contributed by atoms with Crippen molar-refractivity contribution >= 4 is 11.5 Å². The third-order valence-electron chi connectivity index (χ3n) is 3.84. The van der Waals surface area contributed by atoms with E-state index in [1.807, 2.05) is 44.2 Å². The first kappa shape index (κ1) is 17.6. The van der Waals surface area contributed by atoms with Crippen LogP contribution in [0.4, 0.5) is 0 Å². The van der Waals surface area contributed by atoms with Crippen LogP contribution in [-0.4, -0.2) is 27.3 Å². The summed E-state index contributed by atoms with van der Waals surface area (Å²) >= 11 is 0. The minimum Gasteiger partial charge on any atom is -0.496 e. The minimum absolute atomic E-state index is 0.377. The Morgan fingerprint density at radius 2 is 1.50 bits per heavy atom. The summed E-state index contributed by atoms with van der Waals surface area (Å²) in [6.07, 6.45) is 1.47. The van der Waals surface area contributed by atoms with Crippen molar-refractivity contribution in [2.75, 3.05) is 21.3 Å². The topological polar surface area (TPSA) is 44.8 Å². The Hall–Kier alpha value is -2.75. The van der Waals surface area contributed by atoms with Crippen LogP contribution < -0.4 is 9.47 Å². The van der Waals surface area contributed by atoms with Gasteiger partial charge in [-0.25, -0.2) is 4.79 Å². The number of esters is 1. The molecule has 0 saturated heterocycles. The molecule has 2 rings (SSSR count). The average molecular weight is 326 g/mol. The molecule has 2 aromatic rings. The number of allylic oxidation sites excluding steroid dienone is 1. The molecule has 0 aliphatic rings. The third-order valence-corrected chi connectivity index (χ3v) is 3.84. The molecule has 0 amide bonds. The normalized spacial score (nSPS) is 11.1. The Labute approximate surface area is 142 Å². The molecule has 4 heteroatoms. The Kier molecular flexibility index (Phi) is 5.64. The lowest BCUT2D eigenvalue weighted by atomic mass is 9.96. The fourth-order valence-corrected chi connectivity index (χ4v) is 2.52. The summed E-state index contributed by atoms with van der Waals surface area (Å²) in [5.74, 6) is 1.14. The summed E-state index contributed by atoms with van der Waals surface area (Å²) < 4.78 is 15.7. The van der Waals surface area contributed by atoms with Gasteiger partial charge in [0, 0.05) is 17.2 Å². The molecule has 0 spiro atoms. The van der Waals surface area contributed by atoms with Gasteiger partial charge in [0.2, 0.25) is 0 Å². The quantitative estimate of drug-likeness (QED) is 0.608. The van der Waals surface area contributed by atoms with Gasteiger partial charge in [-0.15, -0.1) is 0 Å². The van der Waals surface area contributed by atoms with Gasteiger partial charge in [0.1, 0.15) is 11.5 Å². The van der Waals surface area contributed by atoms with Gasteiger partial charge in [-0.05, 0) is 49.2 Å². The number of rotatable bonds is 5. The van der Waals surface area contributed by atoms with Crippen LogP contribution in [0.3, 0.4) is 0 Å². The first-order valence-corrected chi connectivity index (χ1v) is 7.59. The standard InChI is InChI=1S/C20H22O4/c1-13-6-8-18(22-3)16(10-13)17-12-15(7-9-19(17)23-4)14(2)11-20(21)24-5/h6-12H,1-5H3/b14-11+. The van der Waals surface area contributed by atoms with Crippen molar-refractivity contribution in [3.05, 3.63) is 53.6 Å². The number of carbonyl (C=O) groups excluding carboxylic acids is 1. The molecule has 0 aromatic heterocycles. The highest BCUT2D eigenvalue weighted by Crippen LogP contribution is 2.38. The van der Waals surface area contributed by atoms with Crippen LogP contribution in [0.5, 0.6) is 11.5 Å². The summed E-state index contributed by atoms with van der Waals surface area (Å²) in [7, 11) is 4.65. The molecular formula is C20H22O4. The number of benzene rings is 2. The van der Waals surface area contributed by atoms with E-state index in [0.717, 1.165) is 39.3 Å². The van der Waals surface area contributed by atoms with Crippen LogP contribution in [0.2, 0.25) is 0 Å². The van der Waals surface area contributed by atoms with Crippen molar-refractivity contribution in [2.45, 2.75) is 13.8 Å². The van der Waals surface area contributed by atoms with Crippen LogP contribution >= 0.6 is 0 Å². The number of hydrogen-bond acceptors (Lipinski definition) is 4. The molecule has 0 fully saturated rings. The number of aryl methyl sites for hydroxylation is 1. The van der Waals surface area contributed by atoms with Crippen LogP contribution in [0.25, 0.3) is 16.7 Å². The van der Waals surface area contributed by atoms with Crippen molar-refractivity contribution in [3.63, 3.8) is 0 Å². The van der Waals surface area contributed by atoms with E-state index in [0.29, 0.717) is 0 Å². The van der Waals surface area contributed by atoms with E-state index >= 15 is 0 Å². The zero-order valence-electron chi connectivity index (χ0n) is 14.7. The van der Waals surface area contributed by atoms with Gasteiger partial charge in [0.05, 0.1) is 21.3 Å². The third kappa shape index (κ3) is 3.77. The van der Waals surface area contributed by atoms with Gasteiger partial charge < -0.3 is 14.2 Å². The van der Waals surface area contributed by atoms with Gasteiger partial charge >= 0.3 is 5.97 Å². The number of hydrogen-bond donors (Lipinski definition) is 0. The molecule has 126 valence electrons. The van der Waals surface area contributed by atoms with E-state index in [-0.39, 0.29) is 5.97 Å². The van der Waals surface area contributed by atoms with E-state index in [9.17, 15) is 4.79 Å². The van der Waals surface area contributed by atoms with Crippen LogP contribution in [0, 0.1) is 6.92 Å². The van der Waals surface area contributed by atoms with Gasteiger partial charge in [-0.1, -0.05) is 17.7 Å². The van der Waals surface area contributed by atoms with E-state index in [1.54, 1.807) is 14.2 Å². The van der Waals surface area contributed by atoms with Crippen molar-refractivity contribution in [2.24, 2.45) is 0 Å². The van der Waals surface area contributed by atoms with Crippen LogP contribution in [0.15, 0.2) is 42.5 Å². The molecule has 0 radical (unpaired) electrons. The second kappa shape index (κ2) is 7.68. The zero-order chi connectivity index (χ0) is 17.7. The lowest BCUT2D eigenvalue weighted by Gasteiger charge is -2.15. The van der Waals surface area contributed by atoms with Gasteiger partial charge in [0.25, 0.3) is 0 Å². The molecule has 2 aromatic carbocycles. The summed E-state index contributed by atoms with van der Waals surface area (Å²) in [4.78, 5) is 11.5. The highest BCUT2D eigenvalue weighted by Gasteiger charge is 2.13. The van der Waals surface area contributed by atoms with Gasteiger partial charge in [0.15, 0.2) is 0 Å². The lowest BCUT2D eigenvalue weighted by Crippen LogP contribution is -1.97. The molecule has 0 bridgehead atoms. The Morgan fingerprint density at radius 3 is 2.08 bits per heavy atom. The number of ether oxygens (including phenoxy) is 3. The second-order valence-corrected chi connectivity index (χ2v) is 5.47. The molecular weight excluding hydrogens is 304 g/mol. The first-order chi connectivity index (χ1) is 11.5. The maximum absolute atomic E-state index is 11.5. The monoisotopic (exact) mass is 326 g/mol. The summed E-state index contributed by atoms with van der Waals surface area (Å²) in [6, 6.07) is 11.8. The highest BCUT2D eigenvalue weighted by molar-refractivity contribution is 5.91. The molecule has 0 N–H and O–H groups in total. The molecule has 24 heavy (non-hydrogen) atoms.